The van der Waals surface area contributed by atoms with Gasteiger partial charge in [-0.15, -0.1) is 11.6 Å². The van der Waals surface area contributed by atoms with Crippen molar-refractivity contribution in [2.75, 3.05) is 0 Å². The summed E-state index contributed by atoms with van der Waals surface area (Å²) in [6.07, 6.45) is -2.62. The van der Waals surface area contributed by atoms with Gasteiger partial charge in [-0.25, -0.2) is 13.8 Å². The highest BCUT2D eigenvalue weighted by molar-refractivity contribution is 6.17. The SMILES string of the molecule is OCc1nc(C(F)F)ccc1CCl. The van der Waals surface area contributed by atoms with Crippen LogP contribution in [-0.4, -0.2) is 10.1 Å². The van der Waals surface area contributed by atoms with Crippen LogP contribution in [0.4, 0.5) is 8.78 Å². The zero-order valence-corrected chi connectivity index (χ0v) is 7.43. The van der Waals surface area contributed by atoms with E-state index >= 15 is 0 Å². The minimum Gasteiger partial charge on any atom is -0.390 e. The Bertz CT molecular complexity index is 293. The third kappa shape index (κ3) is 2.35. The topological polar surface area (TPSA) is 33.1 Å². The number of alkyl halides is 3. The Balaban J connectivity index is 3.05. The molecule has 0 saturated carbocycles. The van der Waals surface area contributed by atoms with Crippen molar-refractivity contribution < 1.29 is 13.9 Å². The van der Waals surface area contributed by atoms with E-state index < -0.39 is 6.43 Å². The van der Waals surface area contributed by atoms with E-state index in [4.69, 9.17) is 16.7 Å². The van der Waals surface area contributed by atoms with E-state index in [1.54, 1.807) is 0 Å². The fourth-order valence-corrected chi connectivity index (χ4v) is 1.17. The first kappa shape index (κ1) is 10.3. The second kappa shape index (κ2) is 4.48. The summed E-state index contributed by atoms with van der Waals surface area (Å²) in [5.41, 5.74) is 0.458. The molecular weight excluding hydrogens is 200 g/mol. The maximum atomic E-state index is 12.1. The molecule has 0 atom stereocenters. The molecule has 1 heterocycles. The molecule has 0 aliphatic carbocycles. The van der Waals surface area contributed by atoms with Crippen molar-refractivity contribution in [1.29, 1.82) is 0 Å². The number of nitrogens with zero attached hydrogens (tertiary/aromatic N) is 1. The molecule has 0 unspecified atom stereocenters. The first-order valence-corrected chi connectivity index (χ1v) is 4.16. The largest absolute Gasteiger partial charge is 0.390 e. The van der Waals surface area contributed by atoms with E-state index in [1.165, 1.54) is 12.1 Å². The average molecular weight is 208 g/mol. The molecule has 0 aliphatic heterocycles. The number of pyridine rings is 1. The molecule has 0 fully saturated rings. The quantitative estimate of drug-likeness (QED) is 0.772. The predicted octanol–water partition coefficient (Wildman–Crippen LogP) is 2.25. The third-order valence-corrected chi connectivity index (χ3v) is 1.90. The van der Waals surface area contributed by atoms with Crippen molar-refractivity contribution >= 4 is 11.6 Å². The molecule has 0 aliphatic rings. The lowest BCUT2D eigenvalue weighted by Gasteiger charge is -2.05. The van der Waals surface area contributed by atoms with Gasteiger partial charge in [0.15, 0.2) is 0 Å². The summed E-state index contributed by atoms with van der Waals surface area (Å²) in [6, 6.07) is 2.66. The number of hydrogen-bond acceptors (Lipinski definition) is 2. The fourth-order valence-electron chi connectivity index (χ4n) is 0.927. The lowest BCUT2D eigenvalue weighted by Crippen LogP contribution is -2.00. The van der Waals surface area contributed by atoms with Gasteiger partial charge in [-0.05, 0) is 11.6 Å². The van der Waals surface area contributed by atoms with Gasteiger partial charge in [-0.3, -0.25) is 0 Å². The highest BCUT2D eigenvalue weighted by Gasteiger charge is 2.11. The molecule has 1 aromatic rings. The zero-order chi connectivity index (χ0) is 9.84. The highest BCUT2D eigenvalue weighted by Crippen LogP contribution is 2.19. The van der Waals surface area contributed by atoms with Crippen LogP contribution in [-0.2, 0) is 12.5 Å². The number of hydrogen-bond donors (Lipinski definition) is 1. The van der Waals surface area contributed by atoms with Gasteiger partial charge >= 0.3 is 0 Å². The molecule has 1 aromatic heterocycles. The van der Waals surface area contributed by atoms with Gasteiger partial charge in [0.05, 0.1) is 12.3 Å². The third-order valence-electron chi connectivity index (χ3n) is 1.61. The number of halogens is 3. The van der Waals surface area contributed by atoms with Gasteiger partial charge in [-0.2, -0.15) is 0 Å². The summed E-state index contributed by atoms with van der Waals surface area (Å²) >= 11 is 5.50. The predicted molar refractivity (Wildman–Crippen MR) is 44.7 cm³/mol. The fraction of sp³-hybridized carbons (Fsp3) is 0.375. The van der Waals surface area contributed by atoms with Crippen LogP contribution in [0.1, 0.15) is 23.4 Å². The Morgan fingerprint density at radius 2 is 2.15 bits per heavy atom. The Labute approximate surface area is 79.2 Å². The van der Waals surface area contributed by atoms with Crippen molar-refractivity contribution in [3.8, 4) is 0 Å². The van der Waals surface area contributed by atoms with Crippen LogP contribution in [0.3, 0.4) is 0 Å². The number of aliphatic hydroxyl groups excluding tert-OH is 1. The Morgan fingerprint density at radius 3 is 2.62 bits per heavy atom. The summed E-state index contributed by atoms with van der Waals surface area (Å²) < 4.78 is 24.3. The normalized spacial score (nSPS) is 10.8. The molecule has 5 heteroatoms. The van der Waals surface area contributed by atoms with Crippen molar-refractivity contribution in [3.63, 3.8) is 0 Å². The highest BCUT2D eigenvalue weighted by atomic mass is 35.5. The first-order valence-electron chi connectivity index (χ1n) is 3.62. The van der Waals surface area contributed by atoms with Crippen LogP contribution in [0.2, 0.25) is 0 Å². The lowest BCUT2D eigenvalue weighted by atomic mass is 10.2. The van der Waals surface area contributed by atoms with Gasteiger partial charge in [0.25, 0.3) is 6.43 Å². The second-order valence-corrected chi connectivity index (χ2v) is 2.70. The maximum absolute atomic E-state index is 12.1. The molecule has 72 valence electrons. The standard InChI is InChI=1S/C8H8ClF2NO/c9-3-5-1-2-6(8(10)11)12-7(5)4-13/h1-2,8,13H,3-4H2. The minimum atomic E-state index is -2.62. The zero-order valence-electron chi connectivity index (χ0n) is 6.67. The molecule has 13 heavy (non-hydrogen) atoms. The van der Waals surface area contributed by atoms with Gasteiger partial charge in [-0.1, -0.05) is 6.07 Å². The number of aliphatic hydroxyl groups is 1. The molecule has 0 amide bonds. The summed E-state index contributed by atoms with van der Waals surface area (Å²) in [7, 11) is 0. The van der Waals surface area contributed by atoms with Crippen molar-refractivity contribution in [2.45, 2.75) is 18.9 Å². The van der Waals surface area contributed by atoms with Crippen LogP contribution in [0.15, 0.2) is 12.1 Å². The van der Waals surface area contributed by atoms with Crippen LogP contribution in [0.25, 0.3) is 0 Å². The monoisotopic (exact) mass is 207 g/mol. The van der Waals surface area contributed by atoms with E-state index in [-0.39, 0.29) is 23.9 Å². The number of rotatable bonds is 3. The molecule has 0 aromatic carbocycles. The van der Waals surface area contributed by atoms with E-state index in [0.717, 1.165) is 0 Å². The van der Waals surface area contributed by atoms with Crippen molar-refractivity contribution in [1.82, 2.24) is 4.98 Å². The number of aromatic nitrogens is 1. The molecule has 1 N–H and O–H groups in total. The summed E-state index contributed by atoms with van der Waals surface area (Å²) in [5.74, 6) is 0.159. The van der Waals surface area contributed by atoms with Gasteiger partial charge in [0.1, 0.15) is 5.69 Å². The van der Waals surface area contributed by atoms with E-state index in [0.29, 0.717) is 5.56 Å². The smallest absolute Gasteiger partial charge is 0.280 e. The van der Waals surface area contributed by atoms with Crippen LogP contribution in [0, 0.1) is 0 Å². The molecule has 0 spiro atoms. The van der Waals surface area contributed by atoms with Gasteiger partial charge in [0.2, 0.25) is 0 Å². The van der Waals surface area contributed by atoms with Gasteiger partial charge < -0.3 is 5.11 Å². The average Bonchev–Trinajstić information content (AvgIpc) is 2.16. The van der Waals surface area contributed by atoms with E-state index in [1.807, 2.05) is 0 Å². The Morgan fingerprint density at radius 1 is 1.46 bits per heavy atom. The van der Waals surface area contributed by atoms with E-state index in [9.17, 15) is 8.78 Å². The summed E-state index contributed by atoms with van der Waals surface area (Å²) in [5, 5.41) is 8.79. The molecule has 0 bridgehead atoms. The lowest BCUT2D eigenvalue weighted by molar-refractivity contribution is 0.145. The van der Waals surface area contributed by atoms with Crippen LogP contribution < -0.4 is 0 Å². The summed E-state index contributed by atoms with van der Waals surface area (Å²) in [4.78, 5) is 3.58. The van der Waals surface area contributed by atoms with Crippen LogP contribution >= 0.6 is 11.6 Å². The summed E-state index contributed by atoms with van der Waals surface area (Å²) in [6.45, 7) is -0.372. The van der Waals surface area contributed by atoms with Crippen LogP contribution in [0.5, 0.6) is 0 Å². The molecule has 1 rings (SSSR count). The maximum Gasteiger partial charge on any atom is 0.280 e. The molecule has 0 radical (unpaired) electrons. The molecule has 2 nitrogen and oxygen atoms in total. The minimum absolute atomic E-state index is 0.159. The van der Waals surface area contributed by atoms with E-state index in [2.05, 4.69) is 4.98 Å². The second-order valence-electron chi connectivity index (χ2n) is 2.43. The van der Waals surface area contributed by atoms with Crippen molar-refractivity contribution in [2.24, 2.45) is 0 Å². The Hall–Kier alpha value is -0.740. The van der Waals surface area contributed by atoms with Crippen molar-refractivity contribution in [3.05, 3.63) is 29.1 Å². The Kier molecular flexibility index (Phi) is 3.57. The molecular formula is C8H8ClF2NO. The van der Waals surface area contributed by atoms with Gasteiger partial charge in [0, 0.05) is 5.88 Å². The molecule has 0 saturated heterocycles. The first-order chi connectivity index (χ1) is 6.19.